The van der Waals surface area contributed by atoms with E-state index in [2.05, 4.69) is 0 Å². The van der Waals surface area contributed by atoms with Crippen LogP contribution in [-0.2, 0) is 17.8 Å². The van der Waals surface area contributed by atoms with Gasteiger partial charge in [-0.15, -0.1) is 0 Å². The molecule has 0 atom stereocenters. The summed E-state index contributed by atoms with van der Waals surface area (Å²) < 4.78 is 15.0. The molecule has 0 spiro atoms. The monoisotopic (exact) mass is 205 g/mol. The van der Waals surface area contributed by atoms with Crippen LogP contribution < -0.4 is 0 Å². The van der Waals surface area contributed by atoms with E-state index in [1.165, 1.54) is 12.1 Å². The Morgan fingerprint density at radius 1 is 1.40 bits per heavy atom. The molecule has 0 amide bonds. The second-order valence-electron chi connectivity index (χ2n) is 3.45. The summed E-state index contributed by atoms with van der Waals surface area (Å²) in [7, 11) is 0. The van der Waals surface area contributed by atoms with Gasteiger partial charge in [-0.25, -0.2) is 4.39 Å². The maximum atomic E-state index is 13.1. The van der Waals surface area contributed by atoms with E-state index in [4.69, 9.17) is 0 Å². The average molecular weight is 205 g/mol. The maximum absolute atomic E-state index is 13.1. The molecule has 0 bridgehead atoms. The zero-order chi connectivity index (χ0) is 10.8. The largest absolute Gasteiger partial charge is 0.344 e. The van der Waals surface area contributed by atoms with Gasteiger partial charge in [-0.3, -0.25) is 0 Å². The summed E-state index contributed by atoms with van der Waals surface area (Å²) in [5.74, 6) is -0.243. The third-order valence-electron chi connectivity index (χ3n) is 2.56. The first-order chi connectivity index (χ1) is 7.26. The summed E-state index contributed by atoms with van der Waals surface area (Å²) in [4.78, 5) is 10.5. The molecule has 2 aromatic rings. The van der Waals surface area contributed by atoms with Crippen molar-refractivity contribution in [3.05, 3.63) is 35.8 Å². The predicted molar refractivity (Wildman–Crippen MR) is 57.3 cm³/mol. The van der Waals surface area contributed by atoms with Gasteiger partial charge in [-0.2, -0.15) is 0 Å². The molecule has 1 aromatic carbocycles. The second-order valence-corrected chi connectivity index (χ2v) is 3.45. The highest BCUT2D eigenvalue weighted by Crippen LogP contribution is 2.21. The molecule has 0 unspecified atom stereocenters. The fourth-order valence-corrected chi connectivity index (χ4v) is 1.91. The lowest BCUT2D eigenvalue weighted by Gasteiger charge is -2.04. The van der Waals surface area contributed by atoms with E-state index in [-0.39, 0.29) is 5.82 Å². The predicted octanol–water partition coefficient (Wildman–Crippen LogP) is 2.54. The molecule has 78 valence electrons. The van der Waals surface area contributed by atoms with E-state index in [1.54, 1.807) is 6.07 Å². The summed E-state index contributed by atoms with van der Waals surface area (Å²) >= 11 is 0. The number of aldehydes is 1. The van der Waals surface area contributed by atoms with Gasteiger partial charge >= 0.3 is 0 Å². The van der Waals surface area contributed by atoms with Crippen LogP contribution in [0.25, 0.3) is 10.9 Å². The first kappa shape index (κ1) is 9.90. The quantitative estimate of drug-likeness (QED) is 0.706. The Bertz CT molecular complexity index is 502. The van der Waals surface area contributed by atoms with Gasteiger partial charge in [-0.05, 0) is 31.2 Å². The highest BCUT2D eigenvalue weighted by atomic mass is 19.1. The van der Waals surface area contributed by atoms with Gasteiger partial charge in [0, 0.05) is 24.0 Å². The summed E-state index contributed by atoms with van der Waals surface area (Å²) in [6.07, 6.45) is 1.25. The van der Waals surface area contributed by atoms with Crippen LogP contribution in [0.2, 0.25) is 0 Å². The second kappa shape index (κ2) is 3.85. The van der Waals surface area contributed by atoms with Gasteiger partial charge in [0.05, 0.1) is 5.52 Å². The summed E-state index contributed by atoms with van der Waals surface area (Å²) in [6, 6.07) is 6.62. The molecule has 3 heteroatoms. The Labute approximate surface area is 87.3 Å². The van der Waals surface area contributed by atoms with Crippen LogP contribution in [0.1, 0.15) is 12.6 Å². The number of fused-ring (bicyclic) bond motifs is 1. The number of aryl methyl sites for hydroxylation is 1. The van der Waals surface area contributed by atoms with Gasteiger partial charge in [0.25, 0.3) is 0 Å². The van der Waals surface area contributed by atoms with E-state index in [9.17, 15) is 9.18 Å². The number of hydrogen-bond donors (Lipinski definition) is 0. The van der Waals surface area contributed by atoms with Crippen LogP contribution >= 0.6 is 0 Å². The number of rotatable bonds is 3. The topological polar surface area (TPSA) is 22.0 Å². The number of aromatic nitrogens is 1. The van der Waals surface area contributed by atoms with Crippen molar-refractivity contribution < 1.29 is 9.18 Å². The van der Waals surface area contributed by atoms with Crippen molar-refractivity contribution in [2.75, 3.05) is 0 Å². The summed E-state index contributed by atoms with van der Waals surface area (Å²) in [5, 5.41) is 0.982. The number of carbonyl (C=O) groups is 1. The Morgan fingerprint density at radius 2 is 2.20 bits per heavy atom. The normalized spacial score (nSPS) is 10.8. The highest BCUT2D eigenvalue weighted by Gasteiger charge is 2.07. The molecule has 1 heterocycles. The SMILES string of the molecule is CCn1c(CC=O)cc2ccc(F)cc21. The number of halogens is 1. The molecule has 0 aliphatic rings. The third-order valence-corrected chi connectivity index (χ3v) is 2.56. The van der Waals surface area contributed by atoms with E-state index >= 15 is 0 Å². The Balaban J connectivity index is 2.68. The number of nitrogens with zero attached hydrogens (tertiary/aromatic N) is 1. The lowest BCUT2D eigenvalue weighted by Crippen LogP contribution is -2.00. The zero-order valence-corrected chi connectivity index (χ0v) is 8.53. The maximum Gasteiger partial charge on any atom is 0.125 e. The van der Waals surface area contributed by atoms with Crippen molar-refractivity contribution in [3.8, 4) is 0 Å². The molecular formula is C12H12FNO. The number of hydrogen-bond acceptors (Lipinski definition) is 1. The first-order valence-electron chi connectivity index (χ1n) is 4.97. The van der Waals surface area contributed by atoms with Crippen molar-refractivity contribution in [1.29, 1.82) is 0 Å². The fraction of sp³-hybridized carbons (Fsp3) is 0.250. The third kappa shape index (κ3) is 1.65. The standard InChI is InChI=1S/C12H12FNO/c1-2-14-11(5-6-15)7-9-3-4-10(13)8-12(9)14/h3-4,6-8H,2,5H2,1H3. The van der Waals surface area contributed by atoms with Crippen molar-refractivity contribution in [3.63, 3.8) is 0 Å². The smallest absolute Gasteiger partial charge is 0.125 e. The van der Waals surface area contributed by atoms with E-state index in [1.807, 2.05) is 17.6 Å². The minimum absolute atomic E-state index is 0.243. The fourth-order valence-electron chi connectivity index (χ4n) is 1.91. The molecular weight excluding hydrogens is 193 g/mol. The van der Waals surface area contributed by atoms with Crippen LogP contribution in [-0.4, -0.2) is 10.9 Å². The Hall–Kier alpha value is -1.64. The molecule has 2 nitrogen and oxygen atoms in total. The molecule has 1 aromatic heterocycles. The van der Waals surface area contributed by atoms with E-state index in [0.29, 0.717) is 6.42 Å². The molecule has 0 aliphatic carbocycles. The van der Waals surface area contributed by atoms with E-state index in [0.717, 1.165) is 29.4 Å². The minimum Gasteiger partial charge on any atom is -0.344 e. The lowest BCUT2D eigenvalue weighted by atomic mass is 10.2. The summed E-state index contributed by atoms with van der Waals surface area (Å²) in [6.45, 7) is 2.73. The highest BCUT2D eigenvalue weighted by molar-refractivity contribution is 5.82. The van der Waals surface area contributed by atoms with Gasteiger partial charge in [0.15, 0.2) is 0 Å². The van der Waals surface area contributed by atoms with Gasteiger partial charge in [0.2, 0.25) is 0 Å². The molecule has 0 radical (unpaired) electrons. The van der Waals surface area contributed by atoms with Gasteiger partial charge in [0.1, 0.15) is 12.1 Å². The molecule has 0 saturated carbocycles. The molecule has 0 saturated heterocycles. The van der Waals surface area contributed by atoms with Crippen molar-refractivity contribution >= 4 is 17.2 Å². The molecule has 15 heavy (non-hydrogen) atoms. The van der Waals surface area contributed by atoms with Gasteiger partial charge < -0.3 is 9.36 Å². The van der Waals surface area contributed by atoms with Crippen LogP contribution in [0.5, 0.6) is 0 Å². The zero-order valence-electron chi connectivity index (χ0n) is 8.53. The van der Waals surface area contributed by atoms with Crippen LogP contribution in [0, 0.1) is 5.82 Å². The lowest BCUT2D eigenvalue weighted by molar-refractivity contribution is -0.107. The van der Waals surface area contributed by atoms with Crippen molar-refractivity contribution in [1.82, 2.24) is 4.57 Å². The van der Waals surface area contributed by atoms with Crippen LogP contribution in [0.15, 0.2) is 24.3 Å². The molecule has 2 rings (SSSR count). The number of carbonyl (C=O) groups excluding carboxylic acids is 1. The Kier molecular flexibility index (Phi) is 2.54. The molecule has 0 fully saturated rings. The first-order valence-corrected chi connectivity index (χ1v) is 4.97. The number of benzene rings is 1. The van der Waals surface area contributed by atoms with Gasteiger partial charge in [-0.1, -0.05) is 0 Å². The minimum atomic E-state index is -0.243. The van der Waals surface area contributed by atoms with Crippen molar-refractivity contribution in [2.45, 2.75) is 19.9 Å². The summed E-state index contributed by atoms with van der Waals surface area (Å²) in [5.41, 5.74) is 1.79. The van der Waals surface area contributed by atoms with Crippen LogP contribution in [0.4, 0.5) is 4.39 Å². The molecule has 0 aliphatic heterocycles. The molecule has 0 N–H and O–H groups in total. The van der Waals surface area contributed by atoms with E-state index < -0.39 is 0 Å². The average Bonchev–Trinajstić information content (AvgIpc) is 2.55. The van der Waals surface area contributed by atoms with Crippen LogP contribution in [0.3, 0.4) is 0 Å². The Morgan fingerprint density at radius 3 is 2.87 bits per heavy atom. The van der Waals surface area contributed by atoms with Crippen molar-refractivity contribution in [2.24, 2.45) is 0 Å².